The van der Waals surface area contributed by atoms with E-state index in [1.54, 1.807) is 6.08 Å². The minimum atomic E-state index is 0.976. The van der Waals surface area contributed by atoms with Crippen LogP contribution in [0.3, 0.4) is 0 Å². The Kier molecular flexibility index (Phi) is 12.1. The molecule has 0 nitrogen and oxygen atoms in total. The van der Waals surface area contributed by atoms with Gasteiger partial charge in [-0.05, 0) is 38.5 Å². The van der Waals surface area contributed by atoms with E-state index in [0.717, 1.165) is 19.3 Å². The standard InChI is InChI=1S/C15H23/c1-3-5-7-9-11-13-15-14-12-10-8-6-4-2/h1,3-4,8,10,14-15H,2,5-7,9,11-13H2. The Hall–Kier alpha value is -1.04. The fourth-order valence-electron chi connectivity index (χ4n) is 1.28. The second kappa shape index (κ2) is 13.0. The van der Waals surface area contributed by atoms with Crippen molar-refractivity contribution in [3.8, 4) is 0 Å². The van der Waals surface area contributed by atoms with Crippen molar-refractivity contribution in [1.29, 1.82) is 0 Å². The Labute approximate surface area is 95.1 Å². The van der Waals surface area contributed by atoms with Crippen LogP contribution >= 0.6 is 0 Å². The van der Waals surface area contributed by atoms with Gasteiger partial charge >= 0.3 is 0 Å². The van der Waals surface area contributed by atoms with Crippen LogP contribution in [0.4, 0.5) is 0 Å². The molecule has 83 valence electrons. The maximum absolute atomic E-state index is 5.30. The molecule has 0 aromatic rings. The van der Waals surface area contributed by atoms with E-state index in [0.29, 0.717) is 0 Å². The van der Waals surface area contributed by atoms with Crippen LogP contribution in [0.2, 0.25) is 0 Å². The molecule has 0 unspecified atom stereocenters. The van der Waals surface area contributed by atoms with Gasteiger partial charge in [0, 0.05) is 0 Å². The molecule has 0 aliphatic heterocycles. The van der Waals surface area contributed by atoms with Crippen molar-refractivity contribution in [2.45, 2.75) is 44.9 Å². The lowest BCUT2D eigenvalue weighted by atomic mass is 10.1. The first-order valence-electron chi connectivity index (χ1n) is 5.86. The molecule has 0 aliphatic rings. The maximum Gasteiger partial charge on any atom is -0.0169 e. The minimum Gasteiger partial charge on any atom is -0.103 e. The third-order valence-electron chi connectivity index (χ3n) is 2.15. The molecule has 0 spiro atoms. The van der Waals surface area contributed by atoms with Gasteiger partial charge < -0.3 is 0 Å². The van der Waals surface area contributed by atoms with E-state index in [9.17, 15) is 0 Å². The number of allylic oxidation sites excluding steroid dienone is 6. The first-order valence-corrected chi connectivity index (χ1v) is 5.86. The molecule has 0 aliphatic carbocycles. The van der Waals surface area contributed by atoms with E-state index in [2.05, 4.69) is 30.9 Å². The van der Waals surface area contributed by atoms with E-state index in [-0.39, 0.29) is 0 Å². The van der Waals surface area contributed by atoms with E-state index in [1.165, 1.54) is 25.7 Å². The quantitative estimate of drug-likeness (QED) is 0.346. The molecular formula is C15H23. The monoisotopic (exact) mass is 203 g/mol. The average molecular weight is 203 g/mol. The maximum atomic E-state index is 5.30. The Bertz CT molecular complexity index is 196. The number of rotatable bonds is 10. The van der Waals surface area contributed by atoms with Gasteiger partial charge in [0.2, 0.25) is 0 Å². The molecule has 0 heterocycles. The summed E-state index contributed by atoms with van der Waals surface area (Å²) < 4.78 is 0. The number of unbranched alkanes of at least 4 members (excludes halogenated alkanes) is 4. The lowest BCUT2D eigenvalue weighted by molar-refractivity contribution is 0.696. The molecule has 0 heteroatoms. The zero-order valence-electron chi connectivity index (χ0n) is 9.70. The summed E-state index contributed by atoms with van der Waals surface area (Å²) >= 11 is 0. The first-order chi connectivity index (χ1) is 7.41. The molecule has 0 amide bonds. The molecule has 0 bridgehead atoms. The van der Waals surface area contributed by atoms with Crippen LogP contribution in [0.5, 0.6) is 0 Å². The summed E-state index contributed by atoms with van der Waals surface area (Å²) in [6.07, 6.45) is 20.5. The van der Waals surface area contributed by atoms with Crippen molar-refractivity contribution < 1.29 is 0 Å². The number of hydrogen-bond donors (Lipinski definition) is 0. The summed E-state index contributed by atoms with van der Waals surface area (Å²) in [6.45, 7) is 8.96. The summed E-state index contributed by atoms with van der Waals surface area (Å²) in [7, 11) is 0. The molecular weight excluding hydrogens is 180 g/mol. The topological polar surface area (TPSA) is 0 Å². The Morgan fingerprint density at radius 1 is 0.800 bits per heavy atom. The molecule has 0 atom stereocenters. The smallest absolute Gasteiger partial charge is 0.0169 e. The Morgan fingerprint density at radius 2 is 1.47 bits per heavy atom. The first kappa shape index (κ1) is 14.0. The van der Waals surface area contributed by atoms with E-state index >= 15 is 0 Å². The van der Waals surface area contributed by atoms with Crippen molar-refractivity contribution in [2.75, 3.05) is 0 Å². The van der Waals surface area contributed by atoms with Crippen LogP contribution in [0.25, 0.3) is 0 Å². The molecule has 0 rings (SSSR count). The van der Waals surface area contributed by atoms with Gasteiger partial charge in [0.1, 0.15) is 0 Å². The highest BCUT2D eigenvalue weighted by Crippen LogP contribution is 2.04. The van der Waals surface area contributed by atoms with Crippen molar-refractivity contribution in [2.24, 2.45) is 0 Å². The van der Waals surface area contributed by atoms with Gasteiger partial charge in [-0.25, -0.2) is 0 Å². The highest BCUT2D eigenvalue weighted by molar-refractivity contribution is 4.95. The van der Waals surface area contributed by atoms with Crippen LogP contribution in [0.15, 0.2) is 43.0 Å². The van der Waals surface area contributed by atoms with E-state index in [1.807, 2.05) is 6.08 Å². The summed E-state index contributed by atoms with van der Waals surface area (Å²) in [6, 6.07) is 0. The average Bonchev–Trinajstić information content (AvgIpc) is 2.26. The largest absolute Gasteiger partial charge is 0.103 e. The van der Waals surface area contributed by atoms with Crippen LogP contribution in [0, 0.1) is 6.58 Å². The van der Waals surface area contributed by atoms with Crippen LogP contribution in [0.1, 0.15) is 44.9 Å². The number of hydrogen-bond acceptors (Lipinski definition) is 0. The van der Waals surface area contributed by atoms with Crippen LogP contribution in [-0.2, 0) is 0 Å². The summed E-state index contributed by atoms with van der Waals surface area (Å²) in [5, 5.41) is 0. The molecule has 1 radical (unpaired) electrons. The van der Waals surface area contributed by atoms with Crippen LogP contribution < -0.4 is 0 Å². The lowest BCUT2D eigenvalue weighted by Crippen LogP contribution is -1.74. The minimum absolute atomic E-state index is 0.976. The van der Waals surface area contributed by atoms with Gasteiger partial charge in [-0.2, -0.15) is 0 Å². The highest BCUT2D eigenvalue weighted by Gasteiger charge is 1.84. The van der Waals surface area contributed by atoms with Crippen molar-refractivity contribution >= 4 is 0 Å². The summed E-state index contributed by atoms with van der Waals surface area (Å²) in [5.74, 6) is 0. The van der Waals surface area contributed by atoms with Crippen molar-refractivity contribution in [3.05, 3.63) is 49.6 Å². The SMILES string of the molecule is [CH]=CCCCCCC=CCC=CCC=C. The van der Waals surface area contributed by atoms with Gasteiger partial charge in [0.25, 0.3) is 0 Å². The summed E-state index contributed by atoms with van der Waals surface area (Å²) in [4.78, 5) is 0. The van der Waals surface area contributed by atoms with Crippen molar-refractivity contribution in [3.63, 3.8) is 0 Å². The second-order valence-corrected chi connectivity index (χ2v) is 3.58. The molecule has 0 N–H and O–H groups in total. The van der Waals surface area contributed by atoms with Gasteiger partial charge in [0.15, 0.2) is 0 Å². The third kappa shape index (κ3) is 13.0. The fraction of sp³-hybridized carbons (Fsp3) is 0.467. The molecule has 15 heavy (non-hydrogen) atoms. The van der Waals surface area contributed by atoms with E-state index < -0.39 is 0 Å². The van der Waals surface area contributed by atoms with Gasteiger partial charge in [-0.1, -0.05) is 49.5 Å². The molecule has 0 fully saturated rings. The normalized spacial score (nSPS) is 11.2. The van der Waals surface area contributed by atoms with Gasteiger partial charge in [0.05, 0.1) is 0 Å². The van der Waals surface area contributed by atoms with Gasteiger partial charge in [-0.3, -0.25) is 0 Å². The second-order valence-electron chi connectivity index (χ2n) is 3.58. The Morgan fingerprint density at radius 3 is 2.20 bits per heavy atom. The predicted molar refractivity (Wildman–Crippen MR) is 69.7 cm³/mol. The molecule has 0 saturated carbocycles. The Balaban J connectivity index is 3.16. The zero-order chi connectivity index (χ0) is 11.2. The molecule has 0 saturated heterocycles. The fourth-order valence-corrected chi connectivity index (χ4v) is 1.28. The zero-order valence-corrected chi connectivity index (χ0v) is 9.70. The highest BCUT2D eigenvalue weighted by atomic mass is 13.9. The predicted octanol–water partition coefficient (Wildman–Crippen LogP) is 5.00. The molecule has 0 aromatic carbocycles. The summed E-state index contributed by atoms with van der Waals surface area (Å²) in [5.41, 5.74) is 0. The van der Waals surface area contributed by atoms with Crippen molar-refractivity contribution in [1.82, 2.24) is 0 Å². The third-order valence-corrected chi connectivity index (χ3v) is 2.15. The lowest BCUT2D eigenvalue weighted by Gasteiger charge is -1.94. The van der Waals surface area contributed by atoms with Gasteiger partial charge in [-0.15, -0.1) is 6.58 Å². The molecule has 0 aromatic heterocycles. The van der Waals surface area contributed by atoms with E-state index in [4.69, 9.17) is 6.58 Å². The van der Waals surface area contributed by atoms with Crippen LogP contribution in [-0.4, -0.2) is 0 Å².